The molecule has 0 amide bonds. The van der Waals surface area contributed by atoms with E-state index in [0.717, 1.165) is 6.26 Å². The first-order valence-electron chi connectivity index (χ1n) is 10.1. The van der Waals surface area contributed by atoms with Crippen molar-refractivity contribution in [3.05, 3.63) is 54.4 Å². The van der Waals surface area contributed by atoms with Gasteiger partial charge in [0.1, 0.15) is 5.82 Å². The lowest BCUT2D eigenvalue weighted by molar-refractivity contribution is 0.481. The molecule has 0 spiro atoms. The summed E-state index contributed by atoms with van der Waals surface area (Å²) in [6.45, 7) is 0.142. The molecule has 14 nitrogen and oxygen atoms in total. The summed E-state index contributed by atoms with van der Waals surface area (Å²) >= 11 is 0. The molecule has 0 unspecified atom stereocenters. The van der Waals surface area contributed by atoms with E-state index in [1.807, 2.05) is 0 Å². The average Bonchev–Trinajstić information content (AvgIpc) is 2.75. The molecular weight excluding hydrogens is 536 g/mol. The molecular formula is C19H22N6O8S3. The monoisotopic (exact) mass is 558 g/mol. The molecule has 0 atom stereocenters. The Morgan fingerprint density at radius 2 is 1.33 bits per heavy atom. The Hall–Kier alpha value is -3.22. The van der Waals surface area contributed by atoms with Crippen molar-refractivity contribution < 1.29 is 34.4 Å². The number of anilines is 4. The van der Waals surface area contributed by atoms with Gasteiger partial charge >= 0.3 is 0 Å². The minimum absolute atomic E-state index is 0.0145. The topological polar surface area (TPSA) is 218 Å². The van der Waals surface area contributed by atoms with Gasteiger partial charge in [-0.25, -0.2) is 13.1 Å². The molecule has 36 heavy (non-hydrogen) atoms. The first kappa shape index (κ1) is 27.4. The molecule has 0 fully saturated rings. The van der Waals surface area contributed by atoms with Crippen molar-refractivity contribution in [2.75, 3.05) is 23.4 Å². The minimum Gasteiger partial charge on any atom is -0.324 e. The predicted octanol–water partition coefficient (Wildman–Crippen LogP) is 1.33. The van der Waals surface area contributed by atoms with Gasteiger partial charge in [-0.05, 0) is 48.9 Å². The summed E-state index contributed by atoms with van der Waals surface area (Å²) in [5.41, 5.74) is 0.641. The molecule has 194 valence electrons. The molecule has 0 saturated carbocycles. The number of nitrogens with zero attached hydrogens (tertiary/aromatic N) is 3. The first-order chi connectivity index (χ1) is 16.7. The molecule has 0 saturated heterocycles. The number of rotatable bonds is 11. The number of aryl methyl sites for hydroxylation is 1. The summed E-state index contributed by atoms with van der Waals surface area (Å²) in [5, 5.41) is 5.70. The Kier molecular flexibility index (Phi) is 8.22. The van der Waals surface area contributed by atoms with Gasteiger partial charge in [-0.2, -0.15) is 31.8 Å². The molecule has 0 bridgehead atoms. The number of sulfonamides is 1. The molecule has 0 aliphatic heterocycles. The lowest BCUT2D eigenvalue weighted by Crippen LogP contribution is -2.23. The number of hydrogen-bond acceptors (Lipinski definition) is 11. The lowest BCUT2D eigenvalue weighted by Gasteiger charge is -2.11. The van der Waals surface area contributed by atoms with Crippen LogP contribution in [0.15, 0.2) is 58.3 Å². The van der Waals surface area contributed by atoms with Crippen LogP contribution in [0.3, 0.4) is 0 Å². The molecule has 1 heterocycles. The fraction of sp³-hybridized carbons (Fsp3) is 0.211. The Morgan fingerprint density at radius 3 is 1.89 bits per heavy atom. The quantitative estimate of drug-likeness (QED) is 0.166. The number of nitrogens with one attached hydrogen (secondary N) is 3. The smallest absolute Gasteiger partial charge is 0.294 e. The standard InChI is InChI=1S/C19H22N6O8S3/c1-34(26,27)20-11-3-6-17-23-18(21-13-7-9-15(10-8-13)35(28,29)30)25-19(24-17)22-14-4-2-5-16(12-14)36(31,32)33/h2,4-5,7-10,12,20H,3,6,11H2,1H3,(H,28,29,30)(H,31,32,33)(H2,21,22,23,24,25). The van der Waals surface area contributed by atoms with Gasteiger partial charge in [-0.1, -0.05) is 6.07 Å². The highest BCUT2D eigenvalue weighted by atomic mass is 32.2. The fourth-order valence-corrected chi connectivity index (χ4v) is 4.37. The van der Waals surface area contributed by atoms with E-state index in [1.54, 1.807) is 0 Å². The molecule has 3 aromatic rings. The SMILES string of the molecule is CS(=O)(=O)NCCCc1nc(Nc2ccc(S(=O)(=O)O)cc2)nc(Nc2cccc(S(=O)(=O)O)c2)n1. The second-order valence-electron chi connectivity index (χ2n) is 7.42. The predicted molar refractivity (Wildman–Crippen MR) is 130 cm³/mol. The molecule has 2 aromatic carbocycles. The van der Waals surface area contributed by atoms with Crippen LogP contribution in [0.5, 0.6) is 0 Å². The van der Waals surface area contributed by atoms with Crippen molar-refractivity contribution in [3.8, 4) is 0 Å². The van der Waals surface area contributed by atoms with Gasteiger partial charge in [0.25, 0.3) is 20.2 Å². The molecule has 0 aliphatic carbocycles. The van der Waals surface area contributed by atoms with E-state index in [2.05, 4.69) is 30.3 Å². The lowest BCUT2D eigenvalue weighted by atomic mass is 10.3. The molecule has 0 aliphatic rings. The van der Waals surface area contributed by atoms with Crippen molar-refractivity contribution >= 4 is 53.5 Å². The highest BCUT2D eigenvalue weighted by molar-refractivity contribution is 7.88. The van der Waals surface area contributed by atoms with Crippen LogP contribution in [0.4, 0.5) is 23.3 Å². The maximum Gasteiger partial charge on any atom is 0.294 e. The zero-order valence-corrected chi connectivity index (χ0v) is 21.1. The molecule has 5 N–H and O–H groups in total. The summed E-state index contributed by atoms with van der Waals surface area (Å²) in [7, 11) is -12.2. The largest absolute Gasteiger partial charge is 0.324 e. The van der Waals surface area contributed by atoms with Gasteiger partial charge in [0.2, 0.25) is 21.9 Å². The number of hydrogen-bond donors (Lipinski definition) is 5. The Labute approximate surface area is 207 Å². The third kappa shape index (κ3) is 8.47. The van der Waals surface area contributed by atoms with Crippen LogP contribution in [0, 0.1) is 0 Å². The summed E-state index contributed by atoms with van der Waals surface area (Å²) in [5.74, 6) is 0.329. The van der Waals surface area contributed by atoms with Crippen molar-refractivity contribution in [3.63, 3.8) is 0 Å². The molecule has 17 heteroatoms. The first-order valence-corrected chi connectivity index (χ1v) is 14.8. The highest BCUT2D eigenvalue weighted by Gasteiger charge is 2.13. The number of benzene rings is 2. The van der Waals surface area contributed by atoms with Crippen LogP contribution in [-0.4, -0.2) is 62.1 Å². The summed E-state index contributed by atoms with van der Waals surface area (Å²) < 4.78 is 88.6. The van der Waals surface area contributed by atoms with E-state index in [-0.39, 0.29) is 46.2 Å². The second kappa shape index (κ2) is 10.8. The molecule has 0 radical (unpaired) electrons. The maximum atomic E-state index is 11.4. The van der Waals surface area contributed by atoms with Crippen molar-refractivity contribution in [2.24, 2.45) is 0 Å². The van der Waals surface area contributed by atoms with Crippen LogP contribution < -0.4 is 15.4 Å². The van der Waals surface area contributed by atoms with Gasteiger partial charge in [0.05, 0.1) is 16.0 Å². The Bertz CT molecular complexity index is 1560. The van der Waals surface area contributed by atoms with Gasteiger partial charge in [-0.15, -0.1) is 0 Å². The van der Waals surface area contributed by atoms with Gasteiger partial charge in [-0.3, -0.25) is 9.11 Å². The van der Waals surface area contributed by atoms with Crippen LogP contribution in [0.2, 0.25) is 0 Å². The van der Waals surface area contributed by atoms with Gasteiger partial charge < -0.3 is 10.6 Å². The van der Waals surface area contributed by atoms with Crippen molar-refractivity contribution in [1.29, 1.82) is 0 Å². The Morgan fingerprint density at radius 1 is 0.750 bits per heavy atom. The fourth-order valence-electron chi connectivity index (χ4n) is 2.85. The number of aromatic nitrogens is 3. The average molecular weight is 559 g/mol. The normalized spacial score (nSPS) is 12.3. The minimum atomic E-state index is -4.44. The van der Waals surface area contributed by atoms with E-state index < -0.39 is 30.3 Å². The molecule has 3 rings (SSSR count). The zero-order chi connectivity index (χ0) is 26.6. The van der Waals surface area contributed by atoms with Crippen LogP contribution in [-0.2, 0) is 36.7 Å². The van der Waals surface area contributed by atoms with Crippen LogP contribution in [0.1, 0.15) is 12.2 Å². The van der Waals surface area contributed by atoms with Gasteiger partial charge in [0, 0.05) is 24.3 Å². The highest BCUT2D eigenvalue weighted by Crippen LogP contribution is 2.21. The second-order valence-corrected chi connectivity index (χ2v) is 12.1. The van der Waals surface area contributed by atoms with E-state index in [1.165, 1.54) is 48.5 Å². The zero-order valence-electron chi connectivity index (χ0n) is 18.7. The Balaban J connectivity index is 1.87. The van der Waals surface area contributed by atoms with E-state index in [0.29, 0.717) is 12.1 Å². The van der Waals surface area contributed by atoms with E-state index >= 15 is 0 Å². The molecule has 1 aromatic heterocycles. The van der Waals surface area contributed by atoms with Crippen molar-refractivity contribution in [1.82, 2.24) is 19.7 Å². The summed E-state index contributed by atoms with van der Waals surface area (Å²) in [6, 6.07) is 10.4. The van der Waals surface area contributed by atoms with Crippen molar-refractivity contribution in [2.45, 2.75) is 22.6 Å². The van der Waals surface area contributed by atoms with Crippen LogP contribution >= 0.6 is 0 Å². The summed E-state index contributed by atoms with van der Waals surface area (Å²) in [6.07, 6.45) is 1.65. The third-order valence-corrected chi connectivity index (χ3v) is 6.87. The van der Waals surface area contributed by atoms with Gasteiger partial charge in [0.15, 0.2) is 0 Å². The summed E-state index contributed by atoms with van der Waals surface area (Å²) in [4.78, 5) is 12.1. The van der Waals surface area contributed by atoms with E-state index in [9.17, 15) is 29.8 Å². The van der Waals surface area contributed by atoms with Crippen LogP contribution in [0.25, 0.3) is 0 Å². The van der Waals surface area contributed by atoms with E-state index in [4.69, 9.17) is 4.55 Å². The maximum absolute atomic E-state index is 11.4. The third-order valence-electron chi connectivity index (χ3n) is 4.42.